The molecule has 0 nitrogen and oxygen atoms in total. The number of rotatable bonds is 5. The molecule has 0 aliphatic heterocycles. The van der Waals surface area contributed by atoms with Crippen molar-refractivity contribution in [3.8, 4) is 0 Å². The van der Waals surface area contributed by atoms with Crippen molar-refractivity contribution in [3.63, 3.8) is 0 Å². The molecule has 4 heteroatoms. The molecule has 0 aromatic heterocycles. The first kappa shape index (κ1) is 11.8. The fourth-order valence-corrected chi connectivity index (χ4v) is 1.11. The third-order valence-electron chi connectivity index (χ3n) is 1.42. The second-order valence-corrected chi connectivity index (χ2v) is 4.33. The van der Waals surface area contributed by atoms with Crippen molar-refractivity contribution in [2.45, 2.75) is 42.6 Å². The van der Waals surface area contributed by atoms with E-state index in [1.54, 1.807) is 0 Å². The van der Waals surface area contributed by atoms with E-state index >= 15 is 0 Å². The van der Waals surface area contributed by atoms with Gasteiger partial charge < -0.3 is 0 Å². The van der Waals surface area contributed by atoms with Crippen LogP contribution in [-0.2, 0) is 0 Å². The van der Waals surface area contributed by atoms with Crippen molar-refractivity contribution in [2.24, 2.45) is 0 Å². The number of halogens is 4. The van der Waals surface area contributed by atoms with Crippen LogP contribution in [0.1, 0.15) is 32.6 Å². The molecule has 0 bridgehead atoms. The Morgan fingerprint density at radius 1 is 1.36 bits per heavy atom. The number of unbranched alkanes of at least 4 members (excludes halogenated alkanes) is 2. The van der Waals surface area contributed by atoms with Crippen LogP contribution in [0.25, 0.3) is 0 Å². The van der Waals surface area contributed by atoms with Crippen LogP contribution in [0, 0.1) is 0 Å². The predicted molar refractivity (Wildman–Crippen MR) is 49.3 cm³/mol. The number of hydrogen-bond donors (Lipinski definition) is 0. The molecule has 0 rings (SSSR count). The SMILES string of the molecule is CCCCCC(Cl)C(F)(Cl)Cl. The summed E-state index contributed by atoms with van der Waals surface area (Å²) >= 11 is 15.8. The molecule has 11 heavy (non-hydrogen) atoms. The Hall–Kier alpha value is 0.800. The summed E-state index contributed by atoms with van der Waals surface area (Å²) in [6, 6.07) is 0. The molecule has 0 amide bonds. The summed E-state index contributed by atoms with van der Waals surface area (Å²) in [7, 11) is 0. The fourth-order valence-electron chi connectivity index (χ4n) is 0.737. The smallest absolute Gasteiger partial charge is 0.206 e. The summed E-state index contributed by atoms with van der Waals surface area (Å²) in [5, 5.41) is -0.794. The van der Waals surface area contributed by atoms with Crippen LogP contribution >= 0.6 is 34.8 Å². The van der Waals surface area contributed by atoms with Gasteiger partial charge in [-0.05, 0) is 6.42 Å². The molecule has 0 radical (unpaired) electrons. The minimum absolute atomic E-state index is 0.527. The van der Waals surface area contributed by atoms with E-state index in [1.807, 2.05) is 0 Å². The highest BCUT2D eigenvalue weighted by atomic mass is 35.5. The molecule has 68 valence electrons. The summed E-state index contributed by atoms with van der Waals surface area (Å²) < 4.78 is 10.3. The molecule has 0 saturated heterocycles. The van der Waals surface area contributed by atoms with E-state index in [4.69, 9.17) is 34.8 Å². The summed E-state index contributed by atoms with van der Waals surface area (Å²) in [6.07, 6.45) is 3.51. The average molecular weight is 222 g/mol. The van der Waals surface area contributed by atoms with Crippen molar-refractivity contribution in [1.29, 1.82) is 0 Å². The van der Waals surface area contributed by atoms with E-state index in [0.29, 0.717) is 6.42 Å². The predicted octanol–water partition coefficient (Wildman–Crippen LogP) is 4.28. The van der Waals surface area contributed by atoms with Gasteiger partial charge in [-0.25, -0.2) is 4.39 Å². The average Bonchev–Trinajstić information content (AvgIpc) is 1.86. The Bertz CT molecular complexity index is 100. The van der Waals surface area contributed by atoms with Gasteiger partial charge in [0.2, 0.25) is 0 Å². The zero-order chi connectivity index (χ0) is 8.91. The summed E-state index contributed by atoms with van der Waals surface area (Å²) in [5.74, 6) is 0. The lowest BCUT2D eigenvalue weighted by atomic mass is 10.2. The van der Waals surface area contributed by atoms with Crippen LogP contribution in [0.2, 0.25) is 0 Å². The third kappa shape index (κ3) is 6.01. The molecule has 0 aromatic rings. The lowest BCUT2D eigenvalue weighted by Gasteiger charge is -2.15. The van der Waals surface area contributed by atoms with Gasteiger partial charge in [-0.15, -0.1) is 11.6 Å². The highest BCUT2D eigenvalue weighted by Crippen LogP contribution is 2.33. The van der Waals surface area contributed by atoms with Gasteiger partial charge in [-0.2, -0.15) is 0 Å². The van der Waals surface area contributed by atoms with Crippen LogP contribution in [0.3, 0.4) is 0 Å². The molecule has 0 aliphatic carbocycles. The van der Waals surface area contributed by atoms with Gasteiger partial charge in [0.1, 0.15) is 0 Å². The maximum atomic E-state index is 12.6. The number of alkyl halides is 4. The first-order valence-electron chi connectivity index (χ1n) is 3.69. The maximum Gasteiger partial charge on any atom is 0.273 e. The van der Waals surface area contributed by atoms with Crippen molar-refractivity contribution in [1.82, 2.24) is 0 Å². The lowest BCUT2D eigenvalue weighted by molar-refractivity contribution is 0.363. The second-order valence-electron chi connectivity index (χ2n) is 2.50. The Morgan fingerprint density at radius 3 is 2.27 bits per heavy atom. The number of hydrogen-bond acceptors (Lipinski definition) is 0. The summed E-state index contributed by atoms with van der Waals surface area (Å²) in [6.45, 7) is 2.06. The van der Waals surface area contributed by atoms with Crippen molar-refractivity contribution < 1.29 is 4.39 Å². The van der Waals surface area contributed by atoms with E-state index in [2.05, 4.69) is 6.92 Å². The van der Waals surface area contributed by atoms with Gasteiger partial charge in [0, 0.05) is 0 Å². The minimum Gasteiger partial charge on any atom is -0.206 e. The zero-order valence-electron chi connectivity index (χ0n) is 6.42. The topological polar surface area (TPSA) is 0 Å². The van der Waals surface area contributed by atoms with Gasteiger partial charge in [-0.3, -0.25) is 0 Å². The first-order valence-corrected chi connectivity index (χ1v) is 4.88. The Balaban J connectivity index is 3.44. The summed E-state index contributed by atoms with van der Waals surface area (Å²) in [5.41, 5.74) is 0. The van der Waals surface area contributed by atoms with Crippen LogP contribution in [0.5, 0.6) is 0 Å². The van der Waals surface area contributed by atoms with Crippen LogP contribution < -0.4 is 0 Å². The maximum absolute atomic E-state index is 12.6. The second kappa shape index (κ2) is 5.45. The zero-order valence-corrected chi connectivity index (χ0v) is 8.69. The van der Waals surface area contributed by atoms with E-state index in [9.17, 15) is 4.39 Å². The van der Waals surface area contributed by atoms with E-state index in [-0.39, 0.29) is 0 Å². The van der Waals surface area contributed by atoms with Gasteiger partial charge in [0.25, 0.3) is 4.59 Å². The Kier molecular flexibility index (Phi) is 5.84. The Labute approximate surface area is 82.0 Å². The van der Waals surface area contributed by atoms with E-state index in [0.717, 1.165) is 19.3 Å². The molecular formula is C7H12Cl3F. The van der Waals surface area contributed by atoms with Crippen LogP contribution in [0.4, 0.5) is 4.39 Å². The molecule has 0 saturated carbocycles. The van der Waals surface area contributed by atoms with Crippen molar-refractivity contribution in [2.75, 3.05) is 0 Å². The standard InChI is InChI=1S/C7H12Cl3F/c1-2-3-4-5-6(8)7(9,10)11/h6H,2-5H2,1H3. The fraction of sp³-hybridized carbons (Fsp3) is 1.00. The first-order chi connectivity index (χ1) is 4.98. The third-order valence-corrected chi connectivity index (χ3v) is 2.69. The molecule has 0 aliphatic rings. The van der Waals surface area contributed by atoms with E-state index in [1.165, 1.54) is 0 Å². The van der Waals surface area contributed by atoms with Crippen LogP contribution in [0.15, 0.2) is 0 Å². The highest BCUT2D eigenvalue weighted by molar-refractivity contribution is 6.51. The van der Waals surface area contributed by atoms with Gasteiger partial charge >= 0.3 is 0 Å². The largest absolute Gasteiger partial charge is 0.273 e. The summed E-state index contributed by atoms with van der Waals surface area (Å²) in [4.78, 5) is 0. The van der Waals surface area contributed by atoms with E-state index < -0.39 is 9.96 Å². The quantitative estimate of drug-likeness (QED) is 0.480. The van der Waals surface area contributed by atoms with Crippen molar-refractivity contribution >= 4 is 34.8 Å². The molecule has 1 unspecified atom stereocenters. The molecule has 0 fully saturated rings. The minimum atomic E-state index is -2.28. The normalized spacial score (nSPS) is 15.0. The molecule has 0 N–H and O–H groups in total. The monoisotopic (exact) mass is 220 g/mol. The van der Waals surface area contributed by atoms with Gasteiger partial charge in [0.05, 0.1) is 5.38 Å². The molecule has 0 aromatic carbocycles. The molecule has 0 spiro atoms. The van der Waals surface area contributed by atoms with Crippen LogP contribution in [-0.4, -0.2) is 9.96 Å². The molecule has 0 heterocycles. The molecular weight excluding hydrogens is 209 g/mol. The highest BCUT2D eigenvalue weighted by Gasteiger charge is 2.32. The lowest BCUT2D eigenvalue weighted by Crippen LogP contribution is -2.20. The van der Waals surface area contributed by atoms with Gasteiger partial charge in [-0.1, -0.05) is 49.4 Å². The van der Waals surface area contributed by atoms with Crippen molar-refractivity contribution in [3.05, 3.63) is 0 Å². The molecule has 1 atom stereocenters. The Morgan fingerprint density at radius 2 is 1.91 bits per heavy atom. The van der Waals surface area contributed by atoms with Gasteiger partial charge in [0.15, 0.2) is 0 Å².